The van der Waals surface area contributed by atoms with E-state index in [0.717, 1.165) is 21.1 Å². The highest BCUT2D eigenvalue weighted by atomic mass is 32.2. The molecule has 0 bridgehead atoms. The maximum atomic E-state index is 13.4. The Morgan fingerprint density at radius 3 is 2.22 bits per heavy atom. The summed E-state index contributed by atoms with van der Waals surface area (Å²) in [6.45, 7) is 1.51. The molecule has 0 spiro atoms. The van der Waals surface area contributed by atoms with Gasteiger partial charge >= 0.3 is 0 Å². The van der Waals surface area contributed by atoms with Crippen molar-refractivity contribution in [1.29, 1.82) is 0 Å². The molecule has 1 aromatic heterocycles. The first-order valence-electron chi connectivity index (χ1n) is 9.89. The third-order valence-electron chi connectivity index (χ3n) is 4.76. The number of aromatic nitrogens is 1. The maximum absolute atomic E-state index is 13.4. The molecule has 162 valence electrons. The van der Waals surface area contributed by atoms with Crippen molar-refractivity contribution >= 4 is 38.1 Å². The number of hydrogen-bond donors (Lipinski definition) is 1. The van der Waals surface area contributed by atoms with Gasteiger partial charge in [0.15, 0.2) is 5.13 Å². The van der Waals surface area contributed by atoms with Crippen LogP contribution in [0, 0.1) is 6.92 Å². The quantitative estimate of drug-likeness (QED) is 0.420. The molecular formula is C24H21N3O3S2. The minimum Gasteiger partial charge on any atom is -0.300 e. The molecule has 0 aliphatic rings. The number of nitrogens with one attached hydrogen (secondary N) is 1. The fraction of sp³-hybridized carbons (Fsp3) is 0.0833. The Kier molecular flexibility index (Phi) is 6.34. The van der Waals surface area contributed by atoms with Crippen molar-refractivity contribution in [3.05, 3.63) is 95.9 Å². The van der Waals surface area contributed by atoms with Crippen molar-refractivity contribution in [1.82, 2.24) is 4.98 Å². The molecule has 4 aromatic rings. The maximum Gasteiger partial charge on any atom is 0.264 e. The van der Waals surface area contributed by atoms with E-state index in [0.29, 0.717) is 10.8 Å². The zero-order valence-corrected chi connectivity index (χ0v) is 18.9. The summed E-state index contributed by atoms with van der Waals surface area (Å²) in [6.07, 6.45) is 0. The number of amides is 1. The second kappa shape index (κ2) is 9.33. The molecule has 32 heavy (non-hydrogen) atoms. The number of anilines is 2. The number of benzene rings is 3. The van der Waals surface area contributed by atoms with Crippen LogP contribution < -0.4 is 9.62 Å². The minimum absolute atomic E-state index is 0.125. The Hall–Kier alpha value is -3.49. The fourth-order valence-corrected chi connectivity index (χ4v) is 5.27. The average Bonchev–Trinajstić information content (AvgIpc) is 3.27. The molecule has 1 amide bonds. The Morgan fingerprint density at radius 1 is 0.938 bits per heavy atom. The second-order valence-electron chi connectivity index (χ2n) is 7.11. The van der Waals surface area contributed by atoms with E-state index < -0.39 is 15.9 Å². The number of carbonyl (C=O) groups excluding carboxylic acids is 1. The van der Waals surface area contributed by atoms with E-state index in [2.05, 4.69) is 10.3 Å². The van der Waals surface area contributed by atoms with Crippen LogP contribution >= 0.6 is 11.3 Å². The molecule has 4 rings (SSSR count). The average molecular weight is 464 g/mol. The first-order chi connectivity index (χ1) is 15.4. The van der Waals surface area contributed by atoms with Crippen molar-refractivity contribution in [2.45, 2.75) is 11.8 Å². The molecule has 0 saturated heterocycles. The topological polar surface area (TPSA) is 79.4 Å². The normalized spacial score (nSPS) is 11.2. The number of sulfonamides is 1. The highest BCUT2D eigenvalue weighted by Gasteiger charge is 2.27. The van der Waals surface area contributed by atoms with Crippen molar-refractivity contribution in [2.24, 2.45) is 0 Å². The van der Waals surface area contributed by atoms with Crippen molar-refractivity contribution in [3.8, 4) is 11.3 Å². The number of nitrogens with zero attached hydrogens (tertiary/aromatic N) is 2. The predicted molar refractivity (Wildman–Crippen MR) is 128 cm³/mol. The monoisotopic (exact) mass is 463 g/mol. The van der Waals surface area contributed by atoms with Gasteiger partial charge in [-0.15, -0.1) is 11.3 Å². The van der Waals surface area contributed by atoms with Crippen LogP contribution in [0.4, 0.5) is 10.8 Å². The van der Waals surface area contributed by atoms with Crippen LogP contribution in [0.5, 0.6) is 0 Å². The molecule has 0 unspecified atom stereocenters. The molecule has 0 radical (unpaired) electrons. The predicted octanol–water partition coefficient (Wildman–Crippen LogP) is 4.95. The van der Waals surface area contributed by atoms with Crippen LogP contribution in [0.25, 0.3) is 11.3 Å². The van der Waals surface area contributed by atoms with Crippen molar-refractivity contribution in [2.75, 3.05) is 16.2 Å². The second-order valence-corrected chi connectivity index (χ2v) is 9.83. The molecule has 6 nitrogen and oxygen atoms in total. The summed E-state index contributed by atoms with van der Waals surface area (Å²) in [7, 11) is -3.94. The lowest BCUT2D eigenvalue weighted by atomic mass is 10.2. The summed E-state index contributed by atoms with van der Waals surface area (Å²) in [5.74, 6) is -0.474. The Balaban J connectivity index is 1.57. The number of rotatable bonds is 7. The van der Waals surface area contributed by atoms with Gasteiger partial charge in [-0.2, -0.15) is 0 Å². The Bertz CT molecular complexity index is 1300. The molecule has 8 heteroatoms. The summed E-state index contributed by atoms with van der Waals surface area (Å²) in [6, 6.07) is 24.8. The van der Waals surface area contributed by atoms with E-state index in [1.165, 1.54) is 11.3 Å². The molecule has 0 fully saturated rings. The van der Waals surface area contributed by atoms with Gasteiger partial charge in [0, 0.05) is 10.9 Å². The number of hydrogen-bond acceptors (Lipinski definition) is 5. The lowest BCUT2D eigenvalue weighted by Gasteiger charge is -2.24. The Labute approximate surface area is 191 Å². The van der Waals surface area contributed by atoms with E-state index in [9.17, 15) is 13.2 Å². The molecule has 0 aliphatic heterocycles. The van der Waals surface area contributed by atoms with E-state index >= 15 is 0 Å². The van der Waals surface area contributed by atoms with Crippen LogP contribution in [0.2, 0.25) is 0 Å². The molecule has 1 N–H and O–H groups in total. The van der Waals surface area contributed by atoms with E-state index in [1.54, 1.807) is 54.6 Å². The Morgan fingerprint density at radius 2 is 1.56 bits per heavy atom. The highest BCUT2D eigenvalue weighted by Crippen LogP contribution is 2.26. The summed E-state index contributed by atoms with van der Waals surface area (Å²) in [5, 5.41) is 4.99. The molecule has 0 saturated carbocycles. The summed E-state index contributed by atoms with van der Waals surface area (Å²) < 4.78 is 27.8. The van der Waals surface area contributed by atoms with Gasteiger partial charge in [-0.1, -0.05) is 66.2 Å². The van der Waals surface area contributed by atoms with Gasteiger partial charge in [-0.3, -0.25) is 9.10 Å². The van der Waals surface area contributed by atoms with Gasteiger partial charge in [0.2, 0.25) is 5.91 Å². The largest absolute Gasteiger partial charge is 0.300 e. The van der Waals surface area contributed by atoms with Crippen molar-refractivity contribution in [3.63, 3.8) is 0 Å². The number of carbonyl (C=O) groups is 1. The van der Waals surface area contributed by atoms with Gasteiger partial charge in [-0.25, -0.2) is 13.4 Å². The van der Waals surface area contributed by atoms with Gasteiger partial charge < -0.3 is 5.32 Å². The smallest absolute Gasteiger partial charge is 0.264 e. The number of thiazole rings is 1. The van der Waals surface area contributed by atoms with E-state index in [4.69, 9.17) is 0 Å². The van der Waals surface area contributed by atoms with Gasteiger partial charge in [0.05, 0.1) is 16.3 Å². The highest BCUT2D eigenvalue weighted by molar-refractivity contribution is 7.92. The van der Waals surface area contributed by atoms with E-state index in [-0.39, 0.29) is 11.4 Å². The molecular weight excluding hydrogens is 442 g/mol. The fourth-order valence-electron chi connectivity index (χ4n) is 3.11. The lowest BCUT2D eigenvalue weighted by Crippen LogP contribution is -2.38. The molecule has 0 atom stereocenters. The van der Waals surface area contributed by atoms with Crippen LogP contribution in [0.15, 0.2) is 95.2 Å². The van der Waals surface area contributed by atoms with Crippen LogP contribution in [-0.2, 0) is 14.8 Å². The minimum atomic E-state index is -3.94. The van der Waals surface area contributed by atoms with Crippen LogP contribution in [0.3, 0.4) is 0 Å². The SMILES string of the molecule is Cc1ccc(S(=O)(=O)N(CC(=O)Nc2nc(-c3ccccc3)cs2)c2ccccc2)cc1. The summed E-state index contributed by atoms with van der Waals surface area (Å²) in [4.78, 5) is 17.4. The van der Waals surface area contributed by atoms with Gasteiger partial charge in [0.1, 0.15) is 6.54 Å². The summed E-state index contributed by atoms with van der Waals surface area (Å²) >= 11 is 1.29. The van der Waals surface area contributed by atoms with Gasteiger partial charge in [-0.05, 0) is 31.2 Å². The zero-order chi connectivity index (χ0) is 22.6. The summed E-state index contributed by atoms with van der Waals surface area (Å²) in [5.41, 5.74) is 3.05. The van der Waals surface area contributed by atoms with Gasteiger partial charge in [0.25, 0.3) is 10.0 Å². The first-order valence-corrected chi connectivity index (χ1v) is 12.2. The first kappa shape index (κ1) is 21.7. The zero-order valence-electron chi connectivity index (χ0n) is 17.3. The lowest BCUT2D eigenvalue weighted by molar-refractivity contribution is -0.114. The number of para-hydroxylation sites is 1. The van der Waals surface area contributed by atoms with Crippen LogP contribution in [-0.4, -0.2) is 25.9 Å². The standard InChI is InChI=1S/C24H21N3O3S2/c1-18-12-14-21(15-13-18)32(29,30)27(20-10-6-3-7-11-20)16-23(28)26-24-25-22(17-31-24)19-8-4-2-5-9-19/h2-15,17H,16H2,1H3,(H,25,26,28). The molecule has 1 heterocycles. The third-order valence-corrected chi connectivity index (χ3v) is 7.31. The van der Waals surface area contributed by atoms with E-state index in [1.807, 2.05) is 42.6 Å². The van der Waals surface area contributed by atoms with Crippen molar-refractivity contribution < 1.29 is 13.2 Å². The molecule has 0 aliphatic carbocycles. The molecule has 3 aromatic carbocycles. The number of aryl methyl sites for hydroxylation is 1. The van der Waals surface area contributed by atoms with Crippen LogP contribution in [0.1, 0.15) is 5.56 Å². The third kappa shape index (κ3) is 4.87.